The Morgan fingerprint density at radius 3 is 2.19 bits per heavy atom. The van der Waals surface area contributed by atoms with E-state index in [1.54, 1.807) is 31.4 Å². The van der Waals surface area contributed by atoms with Crippen molar-refractivity contribution in [1.82, 2.24) is 10.0 Å². The summed E-state index contributed by atoms with van der Waals surface area (Å²) in [4.78, 5) is 12.5. The smallest absolute Gasteiger partial charge is 0.240 e. The average molecular weight is 453 g/mol. The molecule has 3 aromatic carbocycles. The molecule has 0 spiro atoms. The van der Waals surface area contributed by atoms with Crippen molar-refractivity contribution >= 4 is 15.9 Å². The lowest BCUT2D eigenvalue weighted by atomic mass is 10.1. The predicted octanol–water partition coefficient (Wildman–Crippen LogP) is 3.98. The van der Waals surface area contributed by atoms with Crippen molar-refractivity contribution < 1.29 is 17.9 Å². The zero-order valence-corrected chi connectivity index (χ0v) is 19.1. The van der Waals surface area contributed by atoms with Gasteiger partial charge in [0.05, 0.1) is 18.0 Å². The number of aryl methyl sites for hydroxylation is 1. The maximum atomic E-state index is 12.5. The van der Waals surface area contributed by atoms with Crippen LogP contribution in [0.25, 0.3) is 0 Å². The van der Waals surface area contributed by atoms with Crippen molar-refractivity contribution in [2.75, 3.05) is 7.11 Å². The molecular formula is C25H28N2O4S. The molecule has 168 valence electrons. The summed E-state index contributed by atoms with van der Waals surface area (Å²) in [6.45, 7) is 2.17. The summed E-state index contributed by atoms with van der Waals surface area (Å²) in [5.74, 6) is 0.711. The molecule has 1 amide bonds. The van der Waals surface area contributed by atoms with Gasteiger partial charge in [-0.2, -0.15) is 0 Å². The zero-order chi connectivity index (χ0) is 23.0. The Bertz CT molecular complexity index is 1110. The van der Waals surface area contributed by atoms with Gasteiger partial charge in [-0.3, -0.25) is 4.79 Å². The third-order valence-electron chi connectivity index (χ3n) is 5.18. The predicted molar refractivity (Wildman–Crippen MR) is 125 cm³/mol. The van der Waals surface area contributed by atoms with Crippen LogP contribution in [0.4, 0.5) is 0 Å². The molecule has 0 unspecified atom stereocenters. The lowest BCUT2D eigenvalue weighted by Crippen LogP contribution is -2.26. The van der Waals surface area contributed by atoms with Crippen LogP contribution in [-0.2, 0) is 27.8 Å². The summed E-state index contributed by atoms with van der Waals surface area (Å²) in [6, 6.07) is 23.5. The molecule has 0 fully saturated rings. The van der Waals surface area contributed by atoms with Crippen LogP contribution in [0, 0.1) is 0 Å². The average Bonchev–Trinajstić information content (AvgIpc) is 2.82. The molecule has 0 saturated carbocycles. The number of hydrogen-bond acceptors (Lipinski definition) is 4. The van der Waals surface area contributed by atoms with E-state index >= 15 is 0 Å². The molecule has 0 saturated heterocycles. The van der Waals surface area contributed by atoms with Gasteiger partial charge >= 0.3 is 0 Å². The van der Waals surface area contributed by atoms with E-state index in [2.05, 4.69) is 10.0 Å². The highest BCUT2D eigenvalue weighted by molar-refractivity contribution is 7.89. The molecule has 0 aliphatic carbocycles. The number of methoxy groups -OCH3 is 1. The van der Waals surface area contributed by atoms with E-state index in [0.717, 1.165) is 22.4 Å². The molecule has 0 aliphatic heterocycles. The summed E-state index contributed by atoms with van der Waals surface area (Å²) in [5, 5.41) is 2.99. The van der Waals surface area contributed by atoms with E-state index in [0.29, 0.717) is 12.8 Å². The van der Waals surface area contributed by atoms with E-state index in [1.807, 2.05) is 61.5 Å². The van der Waals surface area contributed by atoms with E-state index in [9.17, 15) is 13.2 Å². The highest BCUT2D eigenvalue weighted by Crippen LogP contribution is 2.18. The van der Waals surface area contributed by atoms with Crippen LogP contribution >= 0.6 is 0 Å². The number of hydrogen-bond donors (Lipinski definition) is 2. The highest BCUT2D eigenvalue weighted by atomic mass is 32.2. The molecule has 0 radical (unpaired) electrons. The molecule has 0 aliphatic rings. The highest BCUT2D eigenvalue weighted by Gasteiger charge is 2.14. The third kappa shape index (κ3) is 6.67. The van der Waals surface area contributed by atoms with Crippen LogP contribution in [0.15, 0.2) is 83.8 Å². The molecule has 0 aromatic heterocycles. The van der Waals surface area contributed by atoms with Gasteiger partial charge in [0, 0.05) is 13.0 Å². The topological polar surface area (TPSA) is 84.5 Å². The SMILES string of the molecule is COc1ccc([C@H](C)NC(=O)CCc2ccc(S(=O)(=O)NCc3ccccc3)cc2)cc1. The Hall–Kier alpha value is -3.16. The summed E-state index contributed by atoms with van der Waals surface area (Å²) >= 11 is 0. The first-order valence-corrected chi connectivity index (χ1v) is 11.9. The first-order valence-electron chi connectivity index (χ1n) is 10.4. The van der Waals surface area contributed by atoms with E-state index < -0.39 is 10.0 Å². The number of carbonyl (C=O) groups excluding carboxylic acids is 1. The first-order chi connectivity index (χ1) is 15.4. The Morgan fingerprint density at radius 1 is 0.906 bits per heavy atom. The van der Waals surface area contributed by atoms with Gasteiger partial charge in [-0.05, 0) is 54.3 Å². The second kappa shape index (κ2) is 10.9. The van der Waals surface area contributed by atoms with Crippen LogP contribution < -0.4 is 14.8 Å². The number of sulfonamides is 1. The van der Waals surface area contributed by atoms with Gasteiger partial charge in [-0.25, -0.2) is 13.1 Å². The number of rotatable bonds is 10. The zero-order valence-electron chi connectivity index (χ0n) is 18.2. The molecule has 0 bridgehead atoms. The van der Waals surface area contributed by atoms with E-state index in [1.165, 1.54) is 0 Å². The monoisotopic (exact) mass is 452 g/mol. The molecule has 1 atom stereocenters. The fourth-order valence-electron chi connectivity index (χ4n) is 3.24. The number of carbonyl (C=O) groups is 1. The second-order valence-electron chi connectivity index (χ2n) is 7.52. The van der Waals surface area contributed by atoms with Crippen molar-refractivity contribution in [3.63, 3.8) is 0 Å². The molecule has 3 rings (SSSR count). The van der Waals surface area contributed by atoms with Crippen molar-refractivity contribution in [3.8, 4) is 5.75 Å². The Balaban J connectivity index is 1.49. The van der Waals surface area contributed by atoms with Crippen LogP contribution in [0.1, 0.15) is 36.1 Å². The van der Waals surface area contributed by atoms with Gasteiger partial charge in [-0.15, -0.1) is 0 Å². The van der Waals surface area contributed by atoms with Crippen molar-refractivity contribution in [3.05, 3.63) is 95.6 Å². The fourth-order valence-corrected chi connectivity index (χ4v) is 4.26. The van der Waals surface area contributed by atoms with Gasteiger partial charge in [0.1, 0.15) is 5.75 Å². The summed E-state index contributed by atoms with van der Waals surface area (Å²) in [5.41, 5.74) is 2.79. The molecule has 7 heteroatoms. The fraction of sp³-hybridized carbons (Fsp3) is 0.240. The van der Waals surface area contributed by atoms with Crippen molar-refractivity contribution in [1.29, 1.82) is 0 Å². The molecule has 2 N–H and O–H groups in total. The van der Waals surface area contributed by atoms with Gasteiger partial charge in [0.25, 0.3) is 0 Å². The first kappa shape index (κ1) is 23.5. The Kier molecular flexibility index (Phi) is 8.03. The molecular weight excluding hydrogens is 424 g/mol. The Labute approximate surface area is 189 Å². The van der Waals surface area contributed by atoms with Gasteiger partial charge in [0.15, 0.2) is 0 Å². The number of ether oxygens (including phenoxy) is 1. The third-order valence-corrected chi connectivity index (χ3v) is 6.59. The van der Waals surface area contributed by atoms with Crippen molar-refractivity contribution in [2.24, 2.45) is 0 Å². The number of benzene rings is 3. The molecule has 6 nitrogen and oxygen atoms in total. The number of amides is 1. The van der Waals surface area contributed by atoms with Gasteiger partial charge in [-0.1, -0.05) is 54.6 Å². The molecule has 32 heavy (non-hydrogen) atoms. The van der Waals surface area contributed by atoms with Crippen LogP contribution in [0.3, 0.4) is 0 Å². The standard InChI is InChI=1S/C25H28N2O4S/c1-19(22-11-13-23(31-2)14-12-22)27-25(28)17-10-20-8-15-24(16-9-20)32(29,30)26-18-21-6-4-3-5-7-21/h3-9,11-16,19,26H,10,17-18H2,1-2H3,(H,27,28)/t19-/m0/s1. The number of nitrogens with one attached hydrogen (secondary N) is 2. The second-order valence-corrected chi connectivity index (χ2v) is 9.28. The maximum Gasteiger partial charge on any atom is 0.240 e. The van der Waals surface area contributed by atoms with Gasteiger partial charge < -0.3 is 10.1 Å². The van der Waals surface area contributed by atoms with Crippen LogP contribution in [-0.4, -0.2) is 21.4 Å². The van der Waals surface area contributed by atoms with Gasteiger partial charge in [0.2, 0.25) is 15.9 Å². The van der Waals surface area contributed by atoms with E-state index in [-0.39, 0.29) is 23.4 Å². The quantitative estimate of drug-likeness (QED) is 0.487. The normalized spacial score (nSPS) is 12.2. The van der Waals surface area contributed by atoms with Crippen LogP contribution in [0.2, 0.25) is 0 Å². The molecule has 3 aromatic rings. The molecule has 0 heterocycles. The van der Waals surface area contributed by atoms with E-state index in [4.69, 9.17) is 4.74 Å². The lowest BCUT2D eigenvalue weighted by molar-refractivity contribution is -0.121. The Morgan fingerprint density at radius 2 is 1.56 bits per heavy atom. The largest absolute Gasteiger partial charge is 0.497 e. The lowest BCUT2D eigenvalue weighted by Gasteiger charge is -2.15. The summed E-state index contributed by atoms with van der Waals surface area (Å²) in [6.07, 6.45) is 0.845. The minimum atomic E-state index is -3.60. The minimum Gasteiger partial charge on any atom is -0.497 e. The van der Waals surface area contributed by atoms with Crippen LogP contribution in [0.5, 0.6) is 5.75 Å². The summed E-state index contributed by atoms with van der Waals surface area (Å²) < 4.78 is 32.7. The minimum absolute atomic E-state index is 0.0606. The summed E-state index contributed by atoms with van der Waals surface area (Å²) in [7, 11) is -1.98. The maximum absolute atomic E-state index is 12.5. The van der Waals surface area contributed by atoms with Crippen molar-refractivity contribution in [2.45, 2.75) is 37.2 Å².